The third-order valence-electron chi connectivity index (χ3n) is 4.02. The third kappa shape index (κ3) is 2.08. The molecule has 1 atom stereocenters. The molecule has 0 radical (unpaired) electrons. The number of fused-ring (bicyclic) bond motifs is 1. The molecule has 0 fully saturated rings. The van der Waals surface area contributed by atoms with Crippen LogP contribution in [0.15, 0.2) is 43.0 Å². The molecule has 0 saturated carbocycles. The Labute approximate surface area is 128 Å². The molecule has 0 amide bonds. The van der Waals surface area contributed by atoms with Gasteiger partial charge in [-0.25, -0.2) is 9.67 Å². The molecule has 1 aliphatic rings. The molecule has 1 aliphatic heterocycles. The van der Waals surface area contributed by atoms with Gasteiger partial charge >= 0.3 is 0 Å². The smallest absolute Gasteiger partial charge is 0.144 e. The summed E-state index contributed by atoms with van der Waals surface area (Å²) in [5, 5.41) is 7.99. The van der Waals surface area contributed by atoms with Crippen molar-refractivity contribution in [2.75, 3.05) is 13.7 Å². The number of ether oxygens (including phenoxy) is 1. The molecule has 0 aliphatic carbocycles. The molecule has 22 heavy (non-hydrogen) atoms. The van der Waals surface area contributed by atoms with Crippen LogP contribution in [-0.4, -0.2) is 33.4 Å². The van der Waals surface area contributed by atoms with Gasteiger partial charge in [0.15, 0.2) is 0 Å². The van der Waals surface area contributed by atoms with Crippen LogP contribution in [0.3, 0.4) is 0 Å². The normalized spacial score (nSPS) is 17.2. The third-order valence-corrected chi connectivity index (χ3v) is 4.02. The van der Waals surface area contributed by atoms with Gasteiger partial charge in [0.2, 0.25) is 0 Å². The summed E-state index contributed by atoms with van der Waals surface area (Å²) < 4.78 is 7.25. The number of imidazole rings is 1. The Kier molecular flexibility index (Phi) is 3.16. The van der Waals surface area contributed by atoms with Crippen molar-refractivity contribution in [3.8, 4) is 11.4 Å². The number of hydrogen-bond acceptors (Lipinski definition) is 4. The molecule has 3 aromatic rings. The number of methoxy groups -OCH3 is 1. The first-order chi connectivity index (χ1) is 10.9. The van der Waals surface area contributed by atoms with E-state index in [0.717, 1.165) is 35.7 Å². The standard InChI is InChI=1S/C16H17N5O/c1-22-14-5-3-2-4-13(14)21-9-11(8-20-21)15-16-12(6-7-17-15)18-10-19-16/h2-5,8-10,15,17H,6-7H2,1H3,(H,18,19)/t15-/m1/s1. The van der Waals surface area contributed by atoms with Gasteiger partial charge < -0.3 is 15.0 Å². The van der Waals surface area contributed by atoms with Gasteiger partial charge in [0.1, 0.15) is 11.4 Å². The average molecular weight is 295 g/mol. The number of nitrogens with one attached hydrogen (secondary N) is 2. The lowest BCUT2D eigenvalue weighted by Crippen LogP contribution is -2.30. The zero-order valence-electron chi connectivity index (χ0n) is 12.3. The summed E-state index contributed by atoms with van der Waals surface area (Å²) >= 11 is 0. The Hall–Kier alpha value is -2.60. The first-order valence-electron chi connectivity index (χ1n) is 7.30. The van der Waals surface area contributed by atoms with Crippen LogP contribution >= 0.6 is 0 Å². The van der Waals surface area contributed by atoms with Gasteiger partial charge in [-0.3, -0.25) is 0 Å². The largest absolute Gasteiger partial charge is 0.494 e. The number of H-pyrrole nitrogens is 1. The van der Waals surface area contributed by atoms with E-state index in [1.54, 1.807) is 13.4 Å². The first kappa shape index (κ1) is 13.1. The van der Waals surface area contributed by atoms with E-state index < -0.39 is 0 Å². The number of benzene rings is 1. The van der Waals surface area contributed by atoms with E-state index in [1.807, 2.05) is 41.3 Å². The summed E-state index contributed by atoms with van der Waals surface area (Å²) in [6.07, 6.45) is 6.65. The number of hydrogen-bond donors (Lipinski definition) is 2. The molecule has 3 heterocycles. The van der Waals surface area contributed by atoms with Crippen molar-refractivity contribution in [2.45, 2.75) is 12.5 Å². The zero-order chi connectivity index (χ0) is 14.9. The minimum atomic E-state index is 0.0819. The van der Waals surface area contributed by atoms with Gasteiger partial charge in [0, 0.05) is 30.4 Å². The van der Waals surface area contributed by atoms with E-state index in [-0.39, 0.29) is 6.04 Å². The van der Waals surface area contributed by atoms with Gasteiger partial charge in [0.05, 0.1) is 31.4 Å². The second-order valence-electron chi connectivity index (χ2n) is 5.29. The number of aromatic nitrogens is 4. The SMILES string of the molecule is COc1ccccc1-n1cc([C@H]2NCCc3[nH]cnc32)cn1. The molecular formula is C16H17N5O. The monoisotopic (exact) mass is 295 g/mol. The molecule has 0 bridgehead atoms. The quantitative estimate of drug-likeness (QED) is 0.773. The number of aromatic amines is 1. The summed E-state index contributed by atoms with van der Waals surface area (Å²) in [7, 11) is 1.67. The van der Waals surface area contributed by atoms with Crippen molar-refractivity contribution >= 4 is 0 Å². The van der Waals surface area contributed by atoms with Crippen molar-refractivity contribution in [2.24, 2.45) is 0 Å². The van der Waals surface area contributed by atoms with Crippen LogP contribution in [0.4, 0.5) is 0 Å². The molecule has 6 heteroatoms. The Morgan fingerprint density at radius 3 is 3.14 bits per heavy atom. The van der Waals surface area contributed by atoms with Gasteiger partial charge in [-0.05, 0) is 12.1 Å². The van der Waals surface area contributed by atoms with Gasteiger partial charge in [-0.15, -0.1) is 0 Å². The molecule has 2 N–H and O–H groups in total. The van der Waals surface area contributed by atoms with Crippen molar-refractivity contribution in [3.63, 3.8) is 0 Å². The van der Waals surface area contributed by atoms with Crippen molar-refractivity contribution in [1.29, 1.82) is 0 Å². The summed E-state index contributed by atoms with van der Waals surface area (Å²) in [6.45, 7) is 0.930. The highest BCUT2D eigenvalue weighted by molar-refractivity contribution is 5.46. The van der Waals surface area contributed by atoms with Crippen molar-refractivity contribution in [3.05, 3.63) is 59.9 Å². The number of nitrogens with zero attached hydrogens (tertiary/aromatic N) is 3. The molecule has 0 saturated heterocycles. The molecule has 0 spiro atoms. The second kappa shape index (κ2) is 5.31. The van der Waals surface area contributed by atoms with Crippen molar-refractivity contribution in [1.82, 2.24) is 25.1 Å². The average Bonchev–Trinajstić information content (AvgIpc) is 3.23. The fourth-order valence-electron chi connectivity index (χ4n) is 2.93. The van der Waals surface area contributed by atoms with Crippen LogP contribution in [0, 0.1) is 0 Å². The lowest BCUT2D eigenvalue weighted by atomic mass is 10.0. The Balaban J connectivity index is 1.71. The molecule has 0 unspecified atom stereocenters. The van der Waals surface area contributed by atoms with Gasteiger partial charge in [-0.2, -0.15) is 5.10 Å². The van der Waals surface area contributed by atoms with E-state index in [1.165, 1.54) is 5.69 Å². The van der Waals surface area contributed by atoms with E-state index in [9.17, 15) is 0 Å². The highest BCUT2D eigenvalue weighted by Crippen LogP contribution is 2.28. The van der Waals surface area contributed by atoms with Gasteiger partial charge in [0.25, 0.3) is 0 Å². The minimum absolute atomic E-state index is 0.0819. The van der Waals surface area contributed by atoms with E-state index in [0.29, 0.717) is 0 Å². The summed E-state index contributed by atoms with van der Waals surface area (Å²) in [5.74, 6) is 0.800. The Morgan fingerprint density at radius 2 is 2.23 bits per heavy atom. The fraction of sp³-hybridized carbons (Fsp3) is 0.250. The maximum atomic E-state index is 5.40. The van der Waals surface area contributed by atoms with Crippen LogP contribution in [0.1, 0.15) is 23.0 Å². The van der Waals surface area contributed by atoms with Gasteiger partial charge in [-0.1, -0.05) is 12.1 Å². The predicted octanol–water partition coefficient (Wildman–Crippen LogP) is 1.84. The minimum Gasteiger partial charge on any atom is -0.494 e. The lowest BCUT2D eigenvalue weighted by molar-refractivity contribution is 0.411. The maximum Gasteiger partial charge on any atom is 0.144 e. The van der Waals surface area contributed by atoms with Crippen molar-refractivity contribution < 1.29 is 4.74 Å². The topological polar surface area (TPSA) is 67.8 Å². The van der Waals surface area contributed by atoms with E-state index in [2.05, 4.69) is 20.4 Å². The molecule has 2 aromatic heterocycles. The lowest BCUT2D eigenvalue weighted by Gasteiger charge is -2.21. The summed E-state index contributed by atoms with van der Waals surface area (Å²) in [4.78, 5) is 7.67. The van der Waals surface area contributed by atoms with Crippen LogP contribution < -0.4 is 10.1 Å². The Bertz CT molecular complexity index is 791. The van der Waals surface area contributed by atoms with E-state index >= 15 is 0 Å². The van der Waals surface area contributed by atoms with E-state index in [4.69, 9.17) is 4.74 Å². The predicted molar refractivity (Wildman–Crippen MR) is 82.3 cm³/mol. The molecule has 112 valence electrons. The first-order valence-corrected chi connectivity index (χ1v) is 7.30. The molecule has 4 rings (SSSR count). The van der Waals surface area contributed by atoms with Crippen LogP contribution in [0.2, 0.25) is 0 Å². The highest BCUT2D eigenvalue weighted by Gasteiger charge is 2.25. The van der Waals surface area contributed by atoms with Crippen LogP contribution in [-0.2, 0) is 6.42 Å². The second-order valence-corrected chi connectivity index (χ2v) is 5.29. The summed E-state index contributed by atoms with van der Waals surface area (Å²) in [6, 6.07) is 7.93. The summed E-state index contributed by atoms with van der Waals surface area (Å²) in [5.41, 5.74) is 4.29. The van der Waals surface area contributed by atoms with Crippen LogP contribution in [0.5, 0.6) is 5.75 Å². The number of para-hydroxylation sites is 2. The zero-order valence-corrected chi connectivity index (χ0v) is 12.3. The van der Waals surface area contributed by atoms with Crippen LogP contribution in [0.25, 0.3) is 5.69 Å². The molecule has 6 nitrogen and oxygen atoms in total. The molecule has 1 aromatic carbocycles. The number of rotatable bonds is 3. The maximum absolute atomic E-state index is 5.40. The molecular weight excluding hydrogens is 278 g/mol. The highest BCUT2D eigenvalue weighted by atomic mass is 16.5. The fourth-order valence-corrected chi connectivity index (χ4v) is 2.93. The Morgan fingerprint density at radius 1 is 1.32 bits per heavy atom.